The zero-order chi connectivity index (χ0) is 14.5. The Balaban J connectivity index is 1.94. The molecule has 20 heavy (non-hydrogen) atoms. The molecule has 2 rings (SSSR count). The predicted molar refractivity (Wildman–Crippen MR) is 77.3 cm³/mol. The van der Waals surface area contributed by atoms with E-state index in [1.165, 1.54) is 31.7 Å². The Bertz CT molecular complexity index is 471. The third-order valence-electron chi connectivity index (χ3n) is 4.06. The van der Waals surface area contributed by atoms with Gasteiger partial charge in [0.25, 0.3) is 0 Å². The number of halogens is 1. The van der Waals surface area contributed by atoms with Crippen LogP contribution in [0.3, 0.4) is 0 Å². The first kappa shape index (κ1) is 14.8. The first-order valence-electron chi connectivity index (χ1n) is 7.30. The molecule has 1 aromatic rings. The van der Waals surface area contributed by atoms with Crippen LogP contribution in [0.5, 0.6) is 0 Å². The van der Waals surface area contributed by atoms with E-state index >= 15 is 0 Å². The van der Waals surface area contributed by atoms with Gasteiger partial charge in [-0.1, -0.05) is 19.8 Å². The summed E-state index contributed by atoms with van der Waals surface area (Å²) in [4.78, 5) is 10.0. The van der Waals surface area contributed by atoms with E-state index in [-0.39, 0.29) is 0 Å². The molecule has 1 fully saturated rings. The lowest BCUT2D eigenvalue weighted by molar-refractivity contribution is -0.387. The minimum Gasteiger partial charge on any atom is -0.382 e. The summed E-state index contributed by atoms with van der Waals surface area (Å²) in [6.45, 7) is 2.21. The Morgan fingerprint density at radius 1 is 1.35 bits per heavy atom. The van der Waals surface area contributed by atoms with Crippen LogP contribution >= 0.6 is 0 Å². The number of rotatable bonds is 5. The van der Waals surface area contributed by atoms with Crippen LogP contribution in [-0.4, -0.2) is 11.0 Å². The van der Waals surface area contributed by atoms with Crippen molar-refractivity contribution in [3.05, 3.63) is 34.1 Å². The molecule has 0 spiro atoms. The SMILES string of the molecule is CCCC1CCC(Nc2ccc(F)c([N+](=O)[O-])c2)CC1. The summed E-state index contributed by atoms with van der Waals surface area (Å²) < 4.78 is 13.3. The van der Waals surface area contributed by atoms with E-state index in [0.717, 1.165) is 24.8 Å². The second-order valence-electron chi connectivity index (χ2n) is 5.57. The molecule has 1 aliphatic carbocycles. The van der Waals surface area contributed by atoms with Gasteiger partial charge < -0.3 is 5.32 Å². The van der Waals surface area contributed by atoms with Crippen molar-refractivity contribution in [2.75, 3.05) is 5.32 Å². The number of nitro groups is 1. The quantitative estimate of drug-likeness (QED) is 0.638. The van der Waals surface area contributed by atoms with Crippen molar-refractivity contribution in [2.24, 2.45) is 5.92 Å². The number of anilines is 1. The van der Waals surface area contributed by atoms with Crippen molar-refractivity contribution in [3.63, 3.8) is 0 Å². The van der Waals surface area contributed by atoms with Gasteiger partial charge in [-0.2, -0.15) is 4.39 Å². The van der Waals surface area contributed by atoms with Gasteiger partial charge >= 0.3 is 5.69 Å². The average molecular weight is 280 g/mol. The molecule has 0 saturated heterocycles. The normalized spacial score (nSPS) is 22.5. The molecule has 1 aromatic carbocycles. The summed E-state index contributed by atoms with van der Waals surface area (Å²) in [6.07, 6.45) is 7.08. The van der Waals surface area contributed by atoms with Crippen LogP contribution < -0.4 is 5.32 Å². The number of nitrogens with zero attached hydrogens (tertiary/aromatic N) is 1. The smallest absolute Gasteiger partial charge is 0.306 e. The highest BCUT2D eigenvalue weighted by Crippen LogP contribution is 2.30. The van der Waals surface area contributed by atoms with Crippen molar-refractivity contribution in [1.29, 1.82) is 0 Å². The number of nitrogens with one attached hydrogen (secondary N) is 1. The van der Waals surface area contributed by atoms with Crippen LogP contribution in [0.2, 0.25) is 0 Å². The van der Waals surface area contributed by atoms with Crippen molar-refractivity contribution >= 4 is 11.4 Å². The molecule has 0 unspecified atom stereocenters. The first-order valence-corrected chi connectivity index (χ1v) is 7.30. The molecule has 0 aromatic heterocycles. The van der Waals surface area contributed by atoms with Crippen LogP contribution in [0.15, 0.2) is 18.2 Å². The minimum absolute atomic E-state index is 0.341. The third kappa shape index (κ3) is 3.68. The molecule has 0 aliphatic heterocycles. The van der Waals surface area contributed by atoms with Crippen molar-refractivity contribution < 1.29 is 9.31 Å². The molecular weight excluding hydrogens is 259 g/mol. The maximum atomic E-state index is 13.3. The molecule has 1 N–H and O–H groups in total. The van der Waals surface area contributed by atoms with E-state index in [0.29, 0.717) is 11.7 Å². The van der Waals surface area contributed by atoms with E-state index in [9.17, 15) is 14.5 Å². The summed E-state index contributed by atoms with van der Waals surface area (Å²) in [6, 6.07) is 4.35. The van der Waals surface area contributed by atoms with Crippen molar-refractivity contribution in [3.8, 4) is 0 Å². The van der Waals surface area contributed by atoms with Crippen molar-refractivity contribution in [1.82, 2.24) is 0 Å². The highest BCUT2D eigenvalue weighted by Gasteiger charge is 2.21. The second kappa shape index (κ2) is 6.68. The van der Waals surface area contributed by atoms with E-state index in [1.807, 2.05) is 0 Å². The highest BCUT2D eigenvalue weighted by atomic mass is 19.1. The Kier molecular flexibility index (Phi) is 4.93. The van der Waals surface area contributed by atoms with Crippen LogP contribution in [0, 0.1) is 21.8 Å². The summed E-state index contributed by atoms with van der Waals surface area (Å²) in [5, 5.41) is 14.0. The van der Waals surface area contributed by atoms with Crippen LogP contribution in [0.1, 0.15) is 45.4 Å². The van der Waals surface area contributed by atoms with Gasteiger partial charge in [-0.3, -0.25) is 10.1 Å². The second-order valence-corrected chi connectivity index (χ2v) is 5.57. The van der Waals surface area contributed by atoms with Gasteiger partial charge in [0.15, 0.2) is 0 Å². The standard InChI is InChI=1S/C15H21FN2O2/c1-2-3-11-4-6-12(7-5-11)17-13-8-9-14(16)15(10-13)18(19)20/h8-12,17H,2-7H2,1H3. The Morgan fingerprint density at radius 2 is 2.05 bits per heavy atom. The average Bonchev–Trinajstić information content (AvgIpc) is 2.43. The topological polar surface area (TPSA) is 55.2 Å². The molecule has 0 radical (unpaired) electrons. The molecule has 0 atom stereocenters. The highest BCUT2D eigenvalue weighted by molar-refractivity contribution is 5.52. The summed E-state index contributed by atoms with van der Waals surface area (Å²) >= 11 is 0. The Morgan fingerprint density at radius 3 is 2.65 bits per heavy atom. The molecule has 4 nitrogen and oxygen atoms in total. The first-order chi connectivity index (χ1) is 9.60. The minimum atomic E-state index is -0.785. The monoisotopic (exact) mass is 280 g/mol. The number of hydrogen-bond donors (Lipinski definition) is 1. The zero-order valence-electron chi connectivity index (χ0n) is 11.8. The molecule has 1 saturated carbocycles. The lowest BCUT2D eigenvalue weighted by Crippen LogP contribution is -2.26. The lowest BCUT2D eigenvalue weighted by atomic mass is 9.83. The van der Waals surface area contributed by atoms with Gasteiger partial charge in [-0.25, -0.2) is 0 Å². The number of hydrogen-bond acceptors (Lipinski definition) is 3. The van der Waals surface area contributed by atoms with E-state index < -0.39 is 16.4 Å². The lowest BCUT2D eigenvalue weighted by Gasteiger charge is -2.29. The zero-order valence-corrected chi connectivity index (χ0v) is 11.8. The summed E-state index contributed by atoms with van der Waals surface area (Å²) in [5.41, 5.74) is 0.173. The van der Waals surface area contributed by atoms with Gasteiger partial charge in [-0.05, 0) is 43.7 Å². The summed E-state index contributed by atoms with van der Waals surface area (Å²) in [5.74, 6) is 0.0350. The Labute approximate surface area is 118 Å². The maximum Gasteiger partial charge on any atom is 0.306 e. The van der Waals surface area contributed by atoms with Crippen LogP contribution in [-0.2, 0) is 0 Å². The van der Waals surface area contributed by atoms with Gasteiger partial charge in [0, 0.05) is 17.8 Å². The predicted octanol–water partition coefficient (Wildman–Crippen LogP) is 4.50. The molecule has 0 bridgehead atoms. The molecule has 0 heterocycles. The third-order valence-corrected chi connectivity index (χ3v) is 4.06. The van der Waals surface area contributed by atoms with E-state index in [2.05, 4.69) is 12.2 Å². The Hall–Kier alpha value is -1.65. The van der Waals surface area contributed by atoms with Crippen LogP contribution in [0.25, 0.3) is 0 Å². The van der Waals surface area contributed by atoms with E-state index in [4.69, 9.17) is 0 Å². The van der Waals surface area contributed by atoms with Gasteiger partial charge in [0.05, 0.1) is 4.92 Å². The molecule has 110 valence electrons. The van der Waals surface area contributed by atoms with Gasteiger partial charge in [0.1, 0.15) is 0 Å². The maximum absolute atomic E-state index is 13.3. The summed E-state index contributed by atoms with van der Waals surface area (Å²) in [7, 11) is 0. The fourth-order valence-electron chi connectivity index (χ4n) is 2.98. The van der Waals surface area contributed by atoms with E-state index in [1.54, 1.807) is 6.07 Å². The fourth-order valence-corrected chi connectivity index (χ4v) is 2.98. The van der Waals surface area contributed by atoms with Gasteiger partial charge in [-0.15, -0.1) is 0 Å². The molecular formula is C15H21FN2O2. The molecule has 0 amide bonds. The molecule has 1 aliphatic rings. The fraction of sp³-hybridized carbons (Fsp3) is 0.600. The van der Waals surface area contributed by atoms with Crippen molar-refractivity contribution in [2.45, 2.75) is 51.5 Å². The molecule has 5 heteroatoms. The van der Waals surface area contributed by atoms with Gasteiger partial charge in [0.2, 0.25) is 5.82 Å². The number of nitro benzene ring substituents is 1. The number of benzene rings is 1. The largest absolute Gasteiger partial charge is 0.382 e. The van der Waals surface area contributed by atoms with Crippen LogP contribution in [0.4, 0.5) is 15.8 Å².